The number of aliphatic carboxylic acids is 1. The Morgan fingerprint density at radius 3 is 2.13 bits per heavy atom. The van der Waals surface area contributed by atoms with Crippen LogP contribution in [0.1, 0.15) is 19.3 Å². The van der Waals surface area contributed by atoms with Crippen LogP contribution in [0.3, 0.4) is 0 Å². The first-order valence-corrected chi connectivity index (χ1v) is 7.15. The number of carboxylic acids is 1. The SMILES string of the molecule is CNC(=O)[C@H]1C[C@H]1[C@H](N)C(=O)N1CCCC1.O=C(O)C(F)(F)F. The molecule has 2 fully saturated rings. The number of halogens is 3. The highest BCUT2D eigenvalue weighted by molar-refractivity contribution is 5.87. The summed E-state index contributed by atoms with van der Waals surface area (Å²) in [5, 5.41) is 9.73. The van der Waals surface area contributed by atoms with Crippen LogP contribution in [0, 0.1) is 11.8 Å². The van der Waals surface area contributed by atoms with Crippen LogP contribution < -0.4 is 11.1 Å². The van der Waals surface area contributed by atoms with Crippen molar-refractivity contribution < 1.29 is 32.7 Å². The van der Waals surface area contributed by atoms with Gasteiger partial charge in [0, 0.05) is 26.1 Å². The third-order valence-corrected chi connectivity index (χ3v) is 3.83. The van der Waals surface area contributed by atoms with Crippen LogP contribution in [0.15, 0.2) is 0 Å². The second-order valence-corrected chi connectivity index (χ2v) is 5.48. The molecule has 0 radical (unpaired) electrons. The monoisotopic (exact) mass is 339 g/mol. The van der Waals surface area contributed by atoms with Gasteiger partial charge in [0.25, 0.3) is 0 Å². The van der Waals surface area contributed by atoms with Crippen molar-refractivity contribution in [3.8, 4) is 0 Å². The van der Waals surface area contributed by atoms with E-state index in [1.54, 1.807) is 7.05 Å². The number of nitrogens with one attached hydrogen (secondary N) is 1. The zero-order valence-electron chi connectivity index (χ0n) is 12.6. The quantitative estimate of drug-likeness (QED) is 0.667. The van der Waals surface area contributed by atoms with E-state index in [1.807, 2.05) is 4.90 Å². The Labute approximate surface area is 131 Å². The number of hydrogen-bond acceptors (Lipinski definition) is 4. The van der Waals surface area contributed by atoms with Crippen LogP contribution in [-0.4, -0.2) is 60.1 Å². The van der Waals surface area contributed by atoms with Gasteiger partial charge in [0.1, 0.15) is 0 Å². The molecule has 3 atom stereocenters. The highest BCUT2D eigenvalue weighted by Gasteiger charge is 2.49. The second-order valence-electron chi connectivity index (χ2n) is 5.48. The molecule has 0 aromatic heterocycles. The van der Waals surface area contributed by atoms with Gasteiger partial charge in [0.2, 0.25) is 11.8 Å². The van der Waals surface area contributed by atoms with Gasteiger partial charge < -0.3 is 21.1 Å². The summed E-state index contributed by atoms with van der Waals surface area (Å²) in [5.41, 5.74) is 5.91. The number of nitrogens with zero attached hydrogens (tertiary/aromatic N) is 1. The number of hydrogen-bond donors (Lipinski definition) is 3. The molecule has 0 aromatic carbocycles. The van der Waals surface area contributed by atoms with Gasteiger partial charge in [-0.1, -0.05) is 0 Å². The van der Waals surface area contributed by atoms with E-state index in [1.165, 1.54) is 0 Å². The minimum Gasteiger partial charge on any atom is -0.475 e. The maximum atomic E-state index is 12.0. The van der Waals surface area contributed by atoms with Gasteiger partial charge in [-0.15, -0.1) is 0 Å². The zero-order valence-corrected chi connectivity index (χ0v) is 12.6. The van der Waals surface area contributed by atoms with Crippen molar-refractivity contribution in [3.63, 3.8) is 0 Å². The van der Waals surface area contributed by atoms with Crippen molar-refractivity contribution in [3.05, 3.63) is 0 Å². The molecule has 2 amide bonds. The van der Waals surface area contributed by atoms with E-state index in [0.717, 1.165) is 32.4 Å². The minimum atomic E-state index is -5.08. The fraction of sp³-hybridized carbons (Fsp3) is 0.769. The van der Waals surface area contributed by atoms with E-state index in [4.69, 9.17) is 15.6 Å². The smallest absolute Gasteiger partial charge is 0.475 e. The van der Waals surface area contributed by atoms with Gasteiger partial charge in [-0.3, -0.25) is 9.59 Å². The first kappa shape index (κ1) is 19.2. The zero-order chi connectivity index (χ0) is 17.8. The number of amides is 2. The molecule has 4 N–H and O–H groups in total. The molecule has 23 heavy (non-hydrogen) atoms. The molecule has 2 aliphatic rings. The Hall–Kier alpha value is -1.84. The molecule has 7 nitrogen and oxygen atoms in total. The largest absolute Gasteiger partial charge is 0.490 e. The minimum absolute atomic E-state index is 0.00896. The number of carboxylic acid groups (broad SMARTS) is 1. The normalized spacial score (nSPS) is 24.3. The van der Waals surface area contributed by atoms with Crippen molar-refractivity contribution in [2.45, 2.75) is 31.5 Å². The Kier molecular flexibility index (Phi) is 6.37. The van der Waals surface area contributed by atoms with Crippen LogP contribution in [0.4, 0.5) is 13.2 Å². The van der Waals surface area contributed by atoms with Crippen LogP contribution in [0.2, 0.25) is 0 Å². The molecular weight excluding hydrogens is 319 g/mol. The van der Waals surface area contributed by atoms with Crippen LogP contribution in [0.25, 0.3) is 0 Å². The Bertz CT molecular complexity index is 464. The van der Waals surface area contributed by atoms with Gasteiger partial charge in [0.15, 0.2) is 0 Å². The fourth-order valence-electron chi connectivity index (χ4n) is 2.43. The predicted molar refractivity (Wildman–Crippen MR) is 73.1 cm³/mol. The molecule has 1 saturated carbocycles. The third kappa shape index (κ3) is 5.38. The Balaban J connectivity index is 0.000000322. The average Bonchev–Trinajstić information content (AvgIpc) is 3.09. The molecule has 0 aromatic rings. The number of likely N-dealkylation sites (tertiary alicyclic amines) is 1. The standard InChI is InChI=1S/C11H19N3O2.C2HF3O2/c1-13-10(15)8-6-7(8)9(12)11(16)14-4-2-3-5-14;3-2(4,5)1(6)7/h7-9H,2-6,12H2,1H3,(H,13,15);(H,6,7)/t7-,8+,9+;/m1./s1. The summed E-state index contributed by atoms with van der Waals surface area (Å²) in [5.74, 6) is -2.73. The van der Waals surface area contributed by atoms with Crippen LogP contribution in [-0.2, 0) is 14.4 Å². The highest BCUT2D eigenvalue weighted by Crippen LogP contribution is 2.41. The van der Waals surface area contributed by atoms with Crippen LogP contribution in [0.5, 0.6) is 0 Å². The Morgan fingerprint density at radius 1 is 1.26 bits per heavy atom. The number of alkyl halides is 3. The molecule has 0 spiro atoms. The highest BCUT2D eigenvalue weighted by atomic mass is 19.4. The lowest BCUT2D eigenvalue weighted by atomic mass is 10.1. The van der Waals surface area contributed by atoms with E-state index in [2.05, 4.69) is 5.32 Å². The number of carbonyl (C=O) groups is 3. The van der Waals surface area contributed by atoms with Gasteiger partial charge in [-0.2, -0.15) is 13.2 Å². The molecule has 132 valence electrons. The maximum Gasteiger partial charge on any atom is 0.490 e. The molecule has 2 rings (SSSR count). The van der Waals surface area contributed by atoms with Gasteiger partial charge in [-0.05, 0) is 25.2 Å². The number of rotatable bonds is 3. The van der Waals surface area contributed by atoms with E-state index < -0.39 is 18.2 Å². The van der Waals surface area contributed by atoms with Crippen LogP contribution >= 0.6 is 0 Å². The van der Waals surface area contributed by atoms with Gasteiger partial charge >= 0.3 is 12.1 Å². The summed E-state index contributed by atoms with van der Waals surface area (Å²) < 4.78 is 31.7. The summed E-state index contributed by atoms with van der Waals surface area (Å²) in [6, 6.07) is -0.486. The van der Waals surface area contributed by atoms with E-state index >= 15 is 0 Å². The summed E-state index contributed by atoms with van der Waals surface area (Å²) in [4.78, 5) is 34.0. The summed E-state index contributed by atoms with van der Waals surface area (Å²) >= 11 is 0. The van der Waals surface area contributed by atoms with Crippen molar-refractivity contribution >= 4 is 17.8 Å². The first-order valence-electron chi connectivity index (χ1n) is 7.15. The van der Waals surface area contributed by atoms with Crippen molar-refractivity contribution in [1.82, 2.24) is 10.2 Å². The second kappa shape index (κ2) is 7.62. The maximum absolute atomic E-state index is 12.0. The van der Waals surface area contributed by atoms with Crippen molar-refractivity contribution in [2.75, 3.05) is 20.1 Å². The van der Waals surface area contributed by atoms with Gasteiger partial charge in [-0.25, -0.2) is 4.79 Å². The van der Waals surface area contributed by atoms with E-state index in [9.17, 15) is 22.8 Å². The predicted octanol–water partition coefficient (Wildman–Crippen LogP) is -0.0485. The number of carbonyl (C=O) groups excluding carboxylic acids is 2. The molecule has 1 heterocycles. The molecular formula is C13H20F3N3O4. The topological polar surface area (TPSA) is 113 Å². The molecule has 0 bridgehead atoms. The summed E-state index contributed by atoms with van der Waals surface area (Å²) in [7, 11) is 1.62. The lowest BCUT2D eigenvalue weighted by Gasteiger charge is -2.20. The molecule has 1 saturated heterocycles. The van der Waals surface area contributed by atoms with E-state index in [0.29, 0.717) is 0 Å². The molecule has 10 heteroatoms. The summed E-state index contributed by atoms with van der Waals surface area (Å²) in [6.45, 7) is 1.65. The van der Waals surface area contributed by atoms with E-state index in [-0.39, 0.29) is 23.7 Å². The number of nitrogens with two attached hydrogens (primary N) is 1. The lowest BCUT2D eigenvalue weighted by Crippen LogP contribution is -2.44. The van der Waals surface area contributed by atoms with Gasteiger partial charge in [0.05, 0.1) is 6.04 Å². The molecule has 1 aliphatic heterocycles. The summed E-state index contributed by atoms with van der Waals surface area (Å²) in [6.07, 6.45) is -2.19. The third-order valence-electron chi connectivity index (χ3n) is 3.83. The van der Waals surface area contributed by atoms with Crippen molar-refractivity contribution in [1.29, 1.82) is 0 Å². The van der Waals surface area contributed by atoms with Crippen molar-refractivity contribution in [2.24, 2.45) is 17.6 Å². The lowest BCUT2D eigenvalue weighted by molar-refractivity contribution is -0.192. The first-order chi connectivity index (χ1) is 10.6. The average molecular weight is 339 g/mol. The fourth-order valence-corrected chi connectivity index (χ4v) is 2.43. The Morgan fingerprint density at radius 2 is 1.74 bits per heavy atom. The molecule has 1 aliphatic carbocycles. The molecule has 0 unspecified atom stereocenters.